The molecule has 2 N–H and O–H groups in total. The molecule has 0 saturated carbocycles. The van der Waals surface area contributed by atoms with E-state index >= 15 is 0 Å². The molecule has 3 aromatic rings. The quantitative estimate of drug-likeness (QED) is 0.771. The predicted octanol–water partition coefficient (Wildman–Crippen LogP) is 3.44. The fourth-order valence-corrected chi connectivity index (χ4v) is 2.65. The van der Waals surface area contributed by atoms with Gasteiger partial charge in [-0.2, -0.15) is 0 Å². The summed E-state index contributed by atoms with van der Waals surface area (Å²) in [5.41, 5.74) is 2.30. The molecule has 3 rings (SSSR count). The second-order valence-corrected chi connectivity index (χ2v) is 5.15. The first-order chi connectivity index (χ1) is 9.65. The minimum atomic E-state index is -1.01. The number of thiazole rings is 1. The SMILES string of the molecule is Cc1csc(Nc2c(C(=O)O)cnc3ccccc23)n1. The number of aromatic carboxylic acids is 1. The number of nitrogens with one attached hydrogen (secondary N) is 1. The number of nitrogens with zero attached hydrogens (tertiary/aromatic N) is 2. The summed E-state index contributed by atoms with van der Waals surface area (Å²) < 4.78 is 0. The normalized spacial score (nSPS) is 10.7. The number of carboxylic acid groups (broad SMARTS) is 1. The standard InChI is InChI=1S/C14H11N3O2S/c1-8-7-20-14(16-8)17-12-9-4-2-3-5-11(9)15-6-10(12)13(18)19/h2-7H,1H3,(H,18,19)(H,15,16,17). The number of pyridine rings is 1. The Hall–Kier alpha value is -2.47. The summed E-state index contributed by atoms with van der Waals surface area (Å²) in [6, 6.07) is 7.41. The summed E-state index contributed by atoms with van der Waals surface area (Å²) in [6.45, 7) is 1.89. The van der Waals surface area contributed by atoms with E-state index in [-0.39, 0.29) is 5.56 Å². The molecule has 0 spiro atoms. The van der Waals surface area contributed by atoms with Gasteiger partial charge >= 0.3 is 5.97 Å². The molecule has 0 aliphatic rings. The van der Waals surface area contributed by atoms with Gasteiger partial charge < -0.3 is 10.4 Å². The topological polar surface area (TPSA) is 75.1 Å². The molecule has 0 amide bonds. The van der Waals surface area contributed by atoms with E-state index in [1.807, 2.05) is 36.6 Å². The number of para-hydroxylation sites is 1. The molecule has 0 unspecified atom stereocenters. The maximum atomic E-state index is 11.4. The second kappa shape index (κ2) is 4.90. The summed E-state index contributed by atoms with van der Waals surface area (Å²) in [5.74, 6) is -1.01. The fraction of sp³-hybridized carbons (Fsp3) is 0.0714. The van der Waals surface area contributed by atoms with Crippen LogP contribution in [-0.4, -0.2) is 21.0 Å². The summed E-state index contributed by atoms with van der Waals surface area (Å²) in [4.78, 5) is 19.8. The van der Waals surface area contributed by atoms with Gasteiger partial charge in [0.1, 0.15) is 5.56 Å². The number of carboxylic acids is 1. The number of rotatable bonds is 3. The van der Waals surface area contributed by atoms with Crippen LogP contribution in [-0.2, 0) is 0 Å². The van der Waals surface area contributed by atoms with Crippen molar-refractivity contribution in [2.24, 2.45) is 0 Å². The van der Waals surface area contributed by atoms with E-state index in [9.17, 15) is 9.90 Å². The van der Waals surface area contributed by atoms with Gasteiger partial charge in [0.05, 0.1) is 16.9 Å². The first-order valence-electron chi connectivity index (χ1n) is 5.95. The zero-order chi connectivity index (χ0) is 14.1. The molecule has 0 aliphatic heterocycles. The summed E-state index contributed by atoms with van der Waals surface area (Å²) in [6.07, 6.45) is 1.37. The Morgan fingerprint density at radius 1 is 1.35 bits per heavy atom. The number of aryl methyl sites for hydroxylation is 1. The van der Waals surface area contributed by atoms with Crippen molar-refractivity contribution in [1.82, 2.24) is 9.97 Å². The van der Waals surface area contributed by atoms with Crippen molar-refractivity contribution in [2.45, 2.75) is 6.92 Å². The van der Waals surface area contributed by atoms with E-state index in [0.29, 0.717) is 10.8 Å². The molecule has 0 radical (unpaired) electrons. The zero-order valence-electron chi connectivity index (χ0n) is 10.6. The average Bonchev–Trinajstić information content (AvgIpc) is 2.84. The van der Waals surface area contributed by atoms with Gasteiger partial charge in [-0.25, -0.2) is 9.78 Å². The molecule has 0 bridgehead atoms. The van der Waals surface area contributed by atoms with Gasteiger partial charge in [-0.3, -0.25) is 4.98 Å². The lowest BCUT2D eigenvalue weighted by Crippen LogP contribution is -2.04. The highest BCUT2D eigenvalue weighted by Gasteiger charge is 2.15. The lowest BCUT2D eigenvalue weighted by Gasteiger charge is -2.10. The summed E-state index contributed by atoms with van der Waals surface area (Å²) in [5, 5.41) is 15.8. The smallest absolute Gasteiger partial charge is 0.339 e. The van der Waals surface area contributed by atoms with E-state index < -0.39 is 5.97 Å². The highest BCUT2D eigenvalue weighted by molar-refractivity contribution is 7.13. The highest BCUT2D eigenvalue weighted by atomic mass is 32.1. The maximum absolute atomic E-state index is 11.4. The number of hydrogen-bond donors (Lipinski definition) is 2. The molecule has 0 fully saturated rings. The van der Waals surface area contributed by atoms with Crippen molar-refractivity contribution in [2.75, 3.05) is 5.32 Å². The van der Waals surface area contributed by atoms with Crippen LogP contribution in [0.5, 0.6) is 0 Å². The second-order valence-electron chi connectivity index (χ2n) is 4.29. The van der Waals surface area contributed by atoms with E-state index in [1.165, 1.54) is 17.5 Å². The van der Waals surface area contributed by atoms with E-state index in [4.69, 9.17) is 0 Å². The van der Waals surface area contributed by atoms with Crippen LogP contribution in [0.4, 0.5) is 10.8 Å². The third kappa shape index (κ3) is 2.21. The molecule has 6 heteroatoms. The van der Waals surface area contributed by atoms with E-state index in [0.717, 1.165) is 16.6 Å². The van der Waals surface area contributed by atoms with Crippen LogP contribution in [0.25, 0.3) is 10.9 Å². The molecule has 20 heavy (non-hydrogen) atoms. The molecule has 2 heterocycles. The van der Waals surface area contributed by atoms with Crippen LogP contribution in [0.3, 0.4) is 0 Å². The molecule has 100 valence electrons. The molecule has 2 aromatic heterocycles. The lowest BCUT2D eigenvalue weighted by molar-refractivity contribution is 0.0697. The van der Waals surface area contributed by atoms with Crippen molar-refractivity contribution < 1.29 is 9.90 Å². The van der Waals surface area contributed by atoms with Crippen LogP contribution < -0.4 is 5.32 Å². The average molecular weight is 285 g/mol. The van der Waals surface area contributed by atoms with Crippen LogP contribution in [0, 0.1) is 6.92 Å². The van der Waals surface area contributed by atoms with Crippen LogP contribution in [0.1, 0.15) is 16.1 Å². The van der Waals surface area contributed by atoms with Crippen LogP contribution in [0.2, 0.25) is 0 Å². The molecular formula is C14H11N3O2S. The van der Waals surface area contributed by atoms with Crippen LogP contribution >= 0.6 is 11.3 Å². The molecule has 0 aliphatic carbocycles. The third-order valence-electron chi connectivity index (χ3n) is 2.86. The maximum Gasteiger partial charge on any atom is 0.339 e. The molecule has 1 aromatic carbocycles. The first kappa shape index (κ1) is 12.6. The van der Waals surface area contributed by atoms with Crippen molar-refractivity contribution in [3.05, 3.63) is 47.1 Å². The predicted molar refractivity (Wildman–Crippen MR) is 78.8 cm³/mol. The number of fused-ring (bicyclic) bond motifs is 1. The number of anilines is 2. The third-order valence-corrected chi connectivity index (χ3v) is 3.73. The minimum Gasteiger partial charge on any atom is -0.478 e. The summed E-state index contributed by atoms with van der Waals surface area (Å²) >= 11 is 1.44. The van der Waals surface area contributed by atoms with Gasteiger partial charge in [0.2, 0.25) is 0 Å². The van der Waals surface area contributed by atoms with Crippen molar-refractivity contribution in [1.29, 1.82) is 0 Å². The van der Waals surface area contributed by atoms with E-state index in [2.05, 4.69) is 15.3 Å². The lowest BCUT2D eigenvalue weighted by atomic mass is 10.1. The fourth-order valence-electron chi connectivity index (χ4n) is 1.96. The van der Waals surface area contributed by atoms with Gasteiger partial charge in [-0.05, 0) is 13.0 Å². The minimum absolute atomic E-state index is 0.136. The Kier molecular flexibility index (Phi) is 3.08. The van der Waals surface area contributed by atoms with Gasteiger partial charge in [0, 0.05) is 17.0 Å². The number of carbonyl (C=O) groups is 1. The highest BCUT2D eigenvalue weighted by Crippen LogP contribution is 2.30. The molecule has 5 nitrogen and oxygen atoms in total. The van der Waals surface area contributed by atoms with Crippen molar-refractivity contribution >= 4 is 39.0 Å². The molecule has 0 atom stereocenters. The van der Waals surface area contributed by atoms with Crippen LogP contribution in [0.15, 0.2) is 35.8 Å². The van der Waals surface area contributed by atoms with Gasteiger partial charge in [0.15, 0.2) is 5.13 Å². The number of hydrogen-bond acceptors (Lipinski definition) is 5. The first-order valence-corrected chi connectivity index (χ1v) is 6.83. The van der Waals surface area contributed by atoms with Gasteiger partial charge in [-0.15, -0.1) is 11.3 Å². The Morgan fingerprint density at radius 3 is 2.85 bits per heavy atom. The number of benzene rings is 1. The Morgan fingerprint density at radius 2 is 2.15 bits per heavy atom. The summed E-state index contributed by atoms with van der Waals surface area (Å²) in [7, 11) is 0. The zero-order valence-corrected chi connectivity index (χ0v) is 11.4. The molecule has 0 saturated heterocycles. The van der Waals surface area contributed by atoms with Gasteiger partial charge in [-0.1, -0.05) is 18.2 Å². The Labute approximate surface area is 118 Å². The Balaban J connectivity index is 2.19. The Bertz CT molecular complexity index is 798. The van der Waals surface area contributed by atoms with Crippen molar-refractivity contribution in [3.63, 3.8) is 0 Å². The van der Waals surface area contributed by atoms with E-state index in [1.54, 1.807) is 0 Å². The van der Waals surface area contributed by atoms with Gasteiger partial charge in [0.25, 0.3) is 0 Å². The largest absolute Gasteiger partial charge is 0.478 e. The monoisotopic (exact) mass is 285 g/mol. The number of aromatic nitrogens is 2. The van der Waals surface area contributed by atoms with Crippen molar-refractivity contribution in [3.8, 4) is 0 Å². The molecular weight excluding hydrogens is 274 g/mol.